The summed E-state index contributed by atoms with van der Waals surface area (Å²) in [5.74, 6) is -2.18. The zero-order chi connectivity index (χ0) is 14.0. The largest absolute Gasteiger partial charge is 0.294 e. The SMILES string of the molecule is Cc1cc(F)ccc1C(=O)Cc1cc(F)cc(F)c1. The lowest BCUT2D eigenvalue weighted by atomic mass is 9.99. The summed E-state index contributed by atoms with van der Waals surface area (Å²) in [7, 11) is 0. The van der Waals surface area contributed by atoms with E-state index in [1.165, 1.54) is 18.2 Å². The van der Waals surface area contributed by atoms with Gasteiger partial charge in [-0.15, -0.1) is 0 Å². The average Bonchev–Trinajstić information content (AvgIpc) is 2.26. The Morgan fingerprint density at radius 2 is 1.58 bits per heavy atom. The molecule has 0 spiro atoms. The predicted molar refractivity (Wildman–Crippen MR) is 65.5 cm³/mol. The van der Waals surface area contributed by atoms with Crippen LogP contribution in [-0.4, -0.2) is 5.78 Å². The third-order valence-electron chi connectivity index (χ3n) is 2.78. The van der Waals surface area contributed by atoms with Crippen molar-refractivity contribution in [3.8, 4) is 0 Å². The van der Waals surface area contributed by atoms with Crippen molar-refractivity contribution in [2.24, 2.45) is 0 Å². The van der Waals surface area contributed by atoms with Gasteiger partial charge in [0.2, 0.25) is 0 Å². The van der Waals surface area contributed by atoms with Gasteiger partial charge in [-0.05, 0) is 48.4 Å². The van der Waals surface area contributed by atoms with Crippen molar-refractivity contribution in [3.05, 3.63) is 70.5 Å². The van der Waals surface area contributed by atoms with E-state index in [0.717, 1.165) is 18.2 Å². The number of benzene rings is 2. The standard InChI is InChI=1S/C15H11F3O/c1-9-4-11(16)2-3-14(9)15(19)7-10-5-12(17)8-13(18)6-10/h2-6,8H,7H2,1H3. The van der Waals surface area contributed by atoms with Crippen molar-refractivity contribution in [2.75, 3.05) is 0 Å². The molecule has 0 aliphatic heterocycles. The van der Waals surface area contributed by atoms with E-state index in [9.17, 15) is 18.0 Å². The number of carbonyl (C=O) groups excluding carboxylic acids is 1. The number of halogens is 3. The van der Waals surface area contributed by atoms with E-state index in [1.807, 2.05) is 0 Å². The molecule has 98 valence electrons. The molecule has 1 nitrogen and oxygen atoms in total. The van der Waals surface area contributed by atoms with Gasteiger partial charge in [-0.25, -0.2) is 13.2 Å². The highest BCUT2D eigenvalue weighted by Gasteiger charge is 2.12. The Hall–Kier alpha value is -2.10. The molecule has 0 aliphatic carbocycles. The molecule has 2 rings (SSSR count). The summed E-state index contributed by atoms with van der Waals surface area (Å²) >= 11 is 0. The molecule has 0 aromatic heterocycles. The maximum Gasteiger partial charge on any atom is 0.167 e. The van der Waals surface area contributed by atoms with E-state index < -0.39 is 17.5 Å². The van der Waals surface area contributed by atoms with Crippen LogP contribution >= 0.6 is 0 Å². The molecule has 0 fully saturated rings. The van der Waals surface area contributed by atoms with Gasteiger partial charge in [-0.1, -0.05) is 0 Å². The summed E-state index contributed by atoms with van der Waals surface area (Å²) in [4.78, 5) is 12.0. The number of aryl methyl sites for hydroxylation is 1. The maximum atomic E-state index is 13.0. The lowest BCUT2D eigenvalue weighted by Crippen LogP contribution is -2.06. The Labute approximate surface area is 108 Å². The minimum absolute atomic E-state index is 0.124. The van der Waals surface area contributed by atoms with Gasteiger partial charge in [-0.2, -0.15) is 0 Å². The van der Waals surface area contributed by atoms with E-state index in [2.05, 4.69) is 0 Å². The normalized spacial score (nSPS) is 10.5. The van der Waals surface area contributed by atoms with Crippen LogP contribution in [0.4, 0.5) is 13.2 Å². The number of Topliss-reactive ketones (excluding diaryl/α,β-unsaturated/α-hetero) is 1. The average molecular weight is 264 g/mol. The molecule has 0 saturated heterocycles. The van der Waals surface area contributed by atoms with Gasteiger partial charge in [0.15, 0.2) is 5.78 Å². The Bertz CT molecular complexity index is 615. The van der Waals surface area contributed by atoms with Gasteiger partial charge in [-0.3, -0.25) is 4.79 Å². The smallest absolute Gasteiger partial charge is 0.167 e. The Balaban J connectivity index is 2.25. The first-order valence-corrected chi connectivity index (χ1v) is 5.70. The van der Waals surface area contributed by atoms with Crippen molar-refractivity contribution in [3.63, 3.8) is 0 Å². The summed E-state index contributed by atoms with van der Waals surface area (Å²) in [6.07, 6.45) is -0.124. The molecule has 0 bridgehead atoms. The molecule has 0 unspecified atom stereocenters. The fourth-order valence-corrected chi connectivity index (χ4v) is 1.93. The van der Waals surface area contributed by atoms with Gasteiger partial charge < -0.3 is 0 Å². The highest BCUT2D eigenvalue weighted by molar-refractivity contribution is 5.98. The third kappa shape index (κ3) is 3.22. The van der Waals surface area contributed by atoms with Crippen LogP contribution < -0.4 is 0 Å². The van der Waals surface area contributed by atoms with Crippen molar-refractivity contribution >= 4 is 5.78 Å². The Morgan fingerprint density at radius 1 is 0.947 bits per heavy atom. The van der Waals surface area contributed by atoms with E-state index in [1.54, 1.807) is 6.92 Å². The van der Waals surface area contributed by atoms with Crippen LogP contribution in [0.5, 0.6) is 0 Å². The van der Waals surface area contributed by atoms with Crippen LogP contribution in [0.25, 0.3) is 0 Å². The minimum atomic E-state index is -0.723. The second kappa shape index (κ2) is 5.26. The Morgan fingerprint density at radius 3 is 2.16 bits per heavy atom. The molecule has 0 saturated carbocycles. The van der Waals surface area contributed by atoms with Crippen LogP contribution in [0, 0.1) is 24.4 Å². The maximum absolute atomic E-state index is 13.0. The molecule has 2 aromatic carbocycles. The van der Waals surface area contributed by atoms with Gasteiger partial charge in [0.05, 0.1) is 0 Å². The van der Waals surface area contributed by atoms with Gasteiger partial charge in [0, 0.05) is 18.1 Å². The van der Waals surface area contributed by atoms with Crippen LogP contribution in [-0.2, 0) is 6.42 Å². The topological polar surface area (TPSA) is 17.1 Å². The molecule has 2 aromatic rings. The number of carbonyl (C=O) groups is 1. The molecule has 19 heavy (non-hydrogen) atoms. The predicted octanol–water partition coefficient (Wildman–Crippen LogP) is 3.84. The van der Waals surface area contributed by atoms with E-state index in [4.69, 9.17) is 0 Å². The zero-order valence-corrected chi connectivity index (χ0v) is 10.2. The van der Waals surface area contributed by atoms with Crippen molar-refractivity contribution in [1.29, 1.82) is 0 Å². The lowest BCUT2D eigenvalue weighted by molar-refractivity contribution is 0.0992. The number of rotatable bonds is 3. The number of ketones is 1. The summed E-state index contributed by atoms with van der Waals surface area (Å²) in [5.41, 5.74) is 1.11. The van der Waals surface area contributed by atoms with Crippen molar-refractivity contribution in [1.82, 2.24) is 0 Å². The minimum Gasteiger partial charge on any atom is -0.294 e. The first kappa shape index (κ1) is 13.3. The van der Waals surface area contributed by atoms with Gasteiger partial charge >= 0.3 is 0 Å². The molecule has 0 N–H and O–H groups in total. The van der Waals surface area contributed by atoms with Gasteiger partial charge in [0.25, 0.3) is 0 Å². The first-order chi connectivity index (χ1) is 8.95. The zero-order valence-electron chi connectivity index (χ0n) is 10.2. The monoisotopic (exact) mass is 264 g/mol. The molecule has 0 amide bonds. The second-order valence-electron chi connectivity index (χ2n) is 4.34. The molecule has 0 heterocycles. The number of hydrogen-bond donors (Lipinski definition) is 0. The molecule has 0 aliphatic rings. The summed E-state index contributed by atoms with van der Waals surface area (Å²) in [5, 5.41) is 0. The lowest BCUT2D eigenvalue weighted by Gasteiger charge is -2.05. The van der Waals surface area contributed by atoms with Crippen molar-refractivity contribution in [2.45, 2.75) is 13.3 Å². The van der Waals surface area contributed by atoms with Crippen molar-refractivity contribution < 1.29 is 18.0 Å². The van der Waals surface area contributed by atoms with Crippen LogP contribution in [0.15, 0.2) is 36.4 Å². The van der Waals surface area contributed by atoms with Crippen LogP contribution in [0.3, 0.4) is 0 Å². The quantitative estimate of drug-likeness (QED) is 0.770. The molecular formula is C15H11F3O. The summed E-state index contributed by atoms with van der Waals surface area (Å²) in [6, 6.07) is 6.78. The first-order valence-electron chi connectivity index (χ1n) is 5.70. The highest BCUT2D eigenvalue weighted by Crippen LogP contribution is 2.15. The Kier molecular flexibility index (Phi) is 3.69. The molecular weight excluding hydrogens is 253 g/mol. The molecule has 0 radical (unpaired) electrons. The fraction of sp³-hybridized carbons (Fsp3) is 0.133. The van der Waals surface area contributed by atoms with E-state index in [-0.39, 0.29) is 17.8 Å². The van der Waals surface area contributed by atoms with E-state index in [0.29, 0.717) is 11.1 Å². The third-order valence-corrected chi connectivity index (χ3v) is 2.78. The summed E-state index contributed by atoms with van der Waals surface area (Å²) < 4.78 is 39.0. The second-order valence-corrected chi connectivity index (χ2v) is 4.34. The summed E-state index contributed by atoms with van der Waals surface area (Å²) in [6.45, 7) is 1.61. The highest BCUT2D eigenvalue weighted by atomic mass is 19.1. The van der Waals surface area contributed by atoms with Crippen LogP contribution in [0.2, 0.25) is 0 Å². The van der Waals surface area contributed by atoms with Crippen LogP contribution in [0.1, 0.15) is 21.5 Å². The molecule has 4 heteroatoms. The fourth-order valence-electron chi connectivity index (χ4n) is 1.93. The molecule has 0 atom stereocenters. The van der Waals surface area contributed by atoms with Gasteiger partial charge in [0.1, 0.15) is 17.5 Å². The van der Waals surface area contributed by atoms with E-state index >= 15 is 0 Å². The number of hydrogen-bond acceptors (Lipinski definition) is 1.